The van der Waals surface area contributed by atoms with Gasteiger partial charge in [0.2, 0.25) is 0 Å². The summed E-state index contributed by atoms with van der Waals surface area (Å²) in [5.41, 5.74) is 5.93. The van der Waals surface area contributed by atoms with Crippen LogP contribution in [0.4, 0.5) is 11.4 Å². The average molecular weight is 382 g/mol. The number of carbonyl (C=O) groups excluding carboxylic acids is 2. The van der Waals surface area contributed by atoms with Crippen molar-refractivity contribution in [3.63, 3.8) is 0 Å². The van der Waals surface area contributed by atoms with E-state index in [4.69, 9.17) is 0 Å². The fourth-order valence-electron chi connectivity index (χ4n) is 3.61. The van der Waals surface area contributed by atoms with Crippen molar-refractivity contribution in [1.29, 1.82) is 0 Å². The molecule has 1 aliphatic heterocycles. The highest BCUT2D eigenvalue weighted by molar-refractivity contribution is 6.46. The zero-order valence-corrected chi connectivity index (χ0v) is 16.7. The molecule has 0 aromatic heterocycles. The first-order valence-electron chi connectivity index (χ1n) is 9.55. The Hall–Kier alpha value is -3.66. The van der Waals surface area contributed by atoms with Crippen molar-refractivity contribution >= 4 is 28.8 Å². The number of imide groups is 1. The molecule has 4 heteroatoms. The number of hydrogen-bond donors (Lipinski definition) is 1. The maximum absolute atomic E-state index is 13.4. The lowest BCUT2D eigenvalue weighted by atomic mass is 10.0. The Balaban J connectivity index is 1.84. The van der Waals surface area contributed by atoms with Gasteiger partial charge in [-0.1, -0.05) is 60.2 Å². The molecule has 0 spiro atoms. The number of anilines is 2. The summed E-state index contributed by atoms with van der Waals surface area (Å²) in [6.07, 6.45) is 0. The molecule has 1 heterocycles. The van der Waals surface area contributed by atoms with E-state index in [0.29, 0.717) is 22.5 Å². The molecule has 3 aromatic rings. The summed E-state index contributed by atoms with van der Waals surface area (Å²) in [4.78, 5) is 28.0. The van der Waals surface area contributed by atoms with Crippen molar-refractivity contribution in [2.45, 2.75) is 20.8 Å². The number of rotatable bonds is 4. The fraction of sp³-hybridized carbons (Fsp3) is 0.120. The molecule has 144 valence electrons. The minimum Gasteiger partial charge on any atom is -0.350 e. The van der Waals surface area contributed by atoms with Gasteiger partial charge in [0.1, 0.15) is 5.70 Å². The van der Waals surface area contributed by atoms with E-state index in [2.05, 4.69) is 5.32 Å². The zero-order chi connectivity index (χ0) is 20.5. The maximum atomic E-state index is 13.4. The molecule has 0 fully saturated rings. The van der Waals surface area contributed by atoms with Crippen LogP contribution in [-0.2, 0) is 9.59 Å². The topological polar surface area (TPSA) is 49.4 Å². The predicted octanol–water partition coefficient (Wildman–Crippen LogP) is 5.01. The van der Waals surface area contributed by atoms with Crippen molar-refractivity contribution in [2.75, 3.05) is 10.2 Å². The molecule has 1 N–H and O–H groups in total. The third-order valence-electron chi connectivity index (χ3n) is 5.05. The second-order valence-electron chi connectivity index (χ2n) is 7.34. The summed E-state index contributed by atoms with van der Waals surface area (Å²) >= 11 is 0. The Morgan fingerprint density at radius 2 is 1.45 bits per heavy atom. The molecular formula is C25H22N2O2. The SMILES string of the molecule is Cc1cccc(N2C(=O)C(Nc3ccc(C)cc3C)=C(c3ccccc3)C2=O)c1. The van der Waals surface area contributed by atoms with Gasteiger partial charge in [0.05, 0.1) is 11.3 Å². The van der Waals surface area contributed by atoms with Crippen LogP contribution in [0.2, 0.25) is 0 Å². The number of benzene rings is 3. The standard InChI is InChI=1S/C25H22N2O2/c1-16-8-7-11-20(15-16)27-24(28)22(19-9-5-4-6-10-19)23(25(27)29)26-21-13-12-17(2)14-18(21)3/h4-15,26H,1-3H3. The molecule has 0 radical (unpaired) electrons. The quantitative estimate of drug-likeness (QED) is 0.646. The van der Waals surface area contributed by atoms with Gasteiger partial charge in [-0.25, -0.2) is 4.90 Å². The highest BCUT2D eigenvalue weighted by atomic mass is 16.2. The molecule has 0 saturated heterocycles. The van der Waals surface area contributed by atoms with Crippen LogP contribution in [-0.4, -0.2) is 11.8 Å². The van der Waals surface area contributed by atoms with E-state index in [9.17, 15) is 9.59 Å². The summed E-state index contributed by atoms with van der Waals surface area (Å²) in [5.74, 6) is -0.668. The second kappa shape index (κ2) is 7.40. The number of hydrogen-bond acceptors (Lipinski definition) is 3. The van der Waals surface area contributed by atoms with Gasteiger partial charge in [0.25, 0.3) is 11.8 Å². The Labute approximate surface area is 170 Å². The van der Waals surface area contributed by atoms with Crippen molar-refractivity contribution in [3.8, 4) is 0 Å². The Bertz CT molecular complexity index is 1150. The van der Waals surface area contributed by atoms with Gasteiger partial charge in [-0.05, 0) is 55.7 Å². The first-order chi connectivity index (χ1) is 14.0. The third kappa shape index (κ3) is 3.45. The highest BCUT2D eigenvalue weighted by Crippen LogP contribution is 2.34. The van der Waals surface area contributed by atoms with Gasteiger partial charge in [-0.2, -0.15) is 0 Å². The zero-order valence-electron chi connectivity index (χ0n) is 16.7. The van der Waals surface area contributed by atoms with Crippen LogP contribution in [0.15, 0.2) is 78.5 Å². The van der Waals surface area contributed by atoms with Crippen LogP contribution in [0.25, 0.3) is 5.57 Å². The van der Waals surface area contributed by atoms with Crippen molar-refractivity contribution in [3.05, 3.63) is 101 Å². The van der Waals surface area contributed by atoms with Crippen LogP contribution in [0.1, 0.15) is 22.3 Å². The maximum Gasteiger partial charge on any atom is 0.282 e. The second-order valence-corrected chi connectivity index (χ2v) is 7.34. The molecule has 1 aliphatic rings. The number of aryl methyl sites for hydroxylation is 3. The van der Waals surface area contributed by atoms with Gasteiger partial charge >= 0.3 is 0 Å². The van der Waals surface area contributed by atoms with Gasteiger partial charge in [0, 0.05) is 5.69 Å². The summed E-state index contributed by atoms with van der Waals surface area (Å²) in [6.45, 7) is 5.95. The van der Waals surface area contributed by atoms with E-state index >= 15 is 0 Å². The number of nitrogens with zero attached hydrogens (tertiary/aromatic N) is 1. The molecule has 4 nitrogen and oxygen atoms in total. The average Bonchev–Trinajstić information content (AvgIpc) is 2.94. The largest absolute Gasteiger partial charge is 0.350 e. The van der Waals surface area contributed by atoms with Crippen molar-refractivity contribution in [1.82, 2.24) is 0 Å². The number of amides is 2. The molecule has 0 atom stereocenters. The number of carbonyl (C=O) groups is 2. The van der Waals surface area contributed by atoms with Crippen LogP contribution < -0.4 is 10.2 Å². The predicted molar refractivity (Wildman–Crippen MR) is 117 cm³/mol. The first kappa shape index (κ1) is 18.7. The van der Waals surface area contributed by atoms with Gasteiger partial charge in [-0.15, -0.1) is 0 Å². The third-order valence-corrected chi connectivity index (χ3v) is 5.05. The van der Waals surface area contributed by atoms with Crippen molar-refractivity contribution < 1.29 is 9.59 Å². The van der Waals surface area contributed by atoms with E-state index in [1.54, 1.807) is 6.07 Å². The molecule has 2 amide bonds. The van der Waals surface area contributed by atoms with Gasteiger partial charge in [0.15, 0.2) is 0 Å². The molecule has 3 aromatic carbocycles. The first-order valence-corrected chi connectivity index (χ1v) is 9.55. The lowest BCUT2D eigenvalue weighted by molar-refractivity contribution is -0.120. The van der Waals surface area contributed by atoms with Crippen LogP contribution >= 0.6 is 0 Å². The lowest BCUT2D eigenvalue weighted by Gasteiger charge is -2.16. The monoisotopic (exact) mass is 382 g/mol. The summed E-state index contributed by atoms with van der Waals surface area (Å²) in [6, 6.07) is 22.7. The Morgan fingerprint density at radius 3 is 2.14 bits per heavy atom. The minimum atomic E-state index is -0.348. The van der Waals surface area contributed by atoms with E-state index in [0.717, 1.165) is 22.4 Å². The van der Waals surface area contributed by atoms with E-state index in [-0.39, 0.29) is 11.8 Å². The fourth-order valence-corrected chi connectivity index (χ4v) is 3.61. The van der Waals surface area contributed by atoms with Crippen LogP contribution in [0.3, 0.4) is 0 Å². The number of nitrogens with one attached hydrogen (secondary N) is 1. The van der Waals surface area contributed by atoms with E-state index in [1.807, 2.05) is 87.5 Å². The highest BCUT2D eigenvalue weighted by Gasteiger charge is 2.40. The van der Waals surface area contributed by atoms with Crippen molar-refractivity contribution in [2.24, 2.45) is 0 Å². The molecule has 0 saturated carbocycles. The Morgan fingerprint density at radius 1 is 0.724 bits per heavy atom. The van der Waals surface area contributed by atoms with E-state index in [1.165, 1.54) is 4.90 Å². The molecule has 29 heavy (non-hydrogen) atoms. The van der Waals surface area contributed by atoms with E-state index < -0.39 is 0 Å². The van der Waals surface area contributed by atoms with Crippen LogP contribution in [0.5, 0.6) is 0 Å². The molecule has 0 unspecified atom stereocenters. The molecule has 0 bridgehead atoms. The smallest absolute Gasteiger partial charge is 0.282 e. The van der Waals surface area contributed by atoms with Crippen LogP contribution in [0, 0.1) is 20.8 Å². The summed E-state index contributed by atoms with van der Waals surface area (Å²) in [7, 11) is 0. The molecule has 0 aliphatic carbocycles. The minimum absolute atomic E-state index is 0.301. The normalized spacial score (nSPS) is 14.0. The summed E-state index contributed by atoms with van der Waals surface area (Å²) < 4.78 is 0. The summed E-state index contributed by atoms with van der Waals surface area (Å²) in [5, 5.41) is 3.25. The molecular weight excluding hydrogens is 360 g/mol. The Kier molecular flexibility index (Phi) is 4.77. The van der Waals surface area contributed by atoms with Gasteiger partial charge in [-0.3, -0.25) is 9.59 Å². The molecule has 4 rings (SSSR count). The van der Waals surface area contributed by atoms with Gasteiger partial charge < -0.3 is 5.32 Å². The lowest BCUT2D eigenvalue weighted by Crippen LogP contribution is -2.32.